The number of halogens is 1. The van der Waals surface area contributed by atoms with Gasteiger partial charge in [-0.2, -0.15) is 5.10 Å². The summed E-state index contributed by atoms with van der Waals surface area (Å²) in [5.74, 6) is 1.43. The summed E-state index contributed by atoms with van der Waals surface area (Å²) in [6, 6.07) is 5.41. The van der Waals surface area contributed by atoms with Crippen LogP contribution in [0, 0.1) is 13.8 Å². The van der Waals surface area contributed by atoms with Crippen molar-refractivity contribution < 1.29 is 5.21 Å². The van der Waals surface area contributed by atoms with Crippen molar-refractivity contribution in [2.45, 2.75) is 13.8 Å². The van der Waals surface area contributed by atoms with Gasteiger partial charge in [0.05, 0.1) is 5.69 Å². The fourth-order valence-corrected chi connectivity index (χ4v) is 2.05. The Hall–Kier alpha value is -1.89. The van der Waals surface area contributed by atoms with Gasteiger partial charge in [-0.3, -0.25) is 0 Å². The number of nitrogens with zero attached hydrogens (tertiary/aromatic N) is 4. The molecule has 0 atom stereocenters. The number of nitrogens with two attached hydrogens (primary N) is 1. The van der Waals surface area contributed by atoms with Crippen molar-refractivity contribution in [2.24, 2.45) is 10.9 Å². The molecular weight excluding hydrogens is 298 g/mol. The largest absolute Gasteiger partial charge is 0.409 e. The van der Waals surface area contributed by atoms with Gasteiger partial charge in [-0.05, 0) is 32.0 Å². The van der Waals surface area contributed by atoms with Crippen LogP contribution in [-0.2, 0) is 0 Å². The molecule has 0 saturated carbocycles. The molecule has 0 spiro atoms. The van der Waals surface area contributed by atoms with E-state index in [2.05, 4.69) is 31.2 Å². The molecule has 0 bridgehead atoms. The summed E-state index contributed by atoms with van der Waals surface area (Å²) < 4.78 is 2.53. The Balaban J connectivity index is 2.69. The summed E-state index contributed by atoms with van der Waals surface area (Å²) in [5, 5.41) is 16.1. The molecule has 94 valence electrons. The molecule has 2 rings (SSSR count). The number of rotatable bonds is 2. The molecule has 0 saturated heterocycles. The number of hydrogen-bond acceptors (Lipinski definition) is 4. The maximum absolute atomic E-state index is 8.81. The SMILES string of the molecule is Cc1nc(C)n(-c2cc(Br)ccc2/C(N)=N/O)n1. The van der Waals surface area contributed by atoms with Crippen molar-refractivity contribution in [1.29, 1.82) is 0 Å². The number of oxime groups is 1. The molecule has 0 aliphatic heterocycles. The van der Waals surface area contributed by atoms with Crippen molar-refractivity contribution >= 4 is 21.8 Å². The predicted octanol–water partition coefficient (Wildman–Crippen LogP) is 1.74. The van der Waals surface area contributed by atoms with Gasteiger partial charge in [-0.25, -0.2) is 9.67 Å². The lowest BCUT2D eigenvalue weighted by Gasteiger charge is -2.09. The third kappa shape index (κ3) is 2.21. The van der Waals surface area contributed by atoms with Crippen molar-refractivity contribution in [2.75, 3.05) is 0 Å². The minimum absolute atomic E-state index is 0.0325. The van der Waals surface area contributed by atoms with Crippen molar-refractivity contribution in [3.63, 3.8) is 0 Å². The van der Waals surface area contributed by atoms with Crippen LogP contribution in [0.3, 0.4) is 0 Å². The quantitative estimate of drug-likeness (QED) is 0.383. The summed E-state index contributed by atoms with van der Waals surface area (Å²) in [5.41, 5.74) is 6.96. The third-order valence-corrected chi connectivity index (χ3v) is 2.94. The molecule has 1 aromatic heterocycles. The second kappa shape index (κ2) is 4.77. The zero-order valence-electron chi connectivity index (χ0n) is 9.92. The van der Waals surface area contributed by atoms with E-state index in [0.29, 0.717) is 17.1 Å². The Kier molecular flexibility index (Phi) is 3.33. The van der Waals surface area contributed by atoms with Crippen LogP contribution in [-0.4, -0.2) is 25.8 Å². The van der Waals surface area contributed by atoms with Gasteiger partial charge in [-0.1, -0.05) is 21.1 Å². The van der Waals surface area contributed by atoms with Gasteiger partial charge >= 0.3 is 0 Å². The monoisotopic (exact) mass is 309 g/mol. The molecule has 18 heavy (non-hydrogen) atoms. The molecule has 1 aromatic carbocycles. The molecule has 3 N–H and O–H groups in total. The van der Waals surface area contributed by atoms with Gasteiger partial charge in [0, 0.05) is 10.0 Å². The maximum atomic E-state index is 8.81. The van der Waals surface area contributed by atoms with Crippen LogP contribution in [0.1, 0.15) is 17.2 Å². The van der Waals surface area contributed by atoms with E-state index in [1.807, 2.05) is 26.0 Å². The van der Waals surface area contributed by atoms with Gasteiger partial charge in [0.15, 0.2) is 5.84 Å². The molecule has 0 unspecified atom stereocenters. The smallest absolute Gasteiger partial charge is 0.172 e. The minimum Gasteiger partial charge on any atom is -0.409 e. The van der Waals surface area contributed by atoms with Crippen LogP contribution in [0.5, 0.6) is 0 Å². The van der Waals surface area contributed by atoms with Gasteiger partial charge in [0.2, 0.25) is 0 Å². The lowest BCUT2D eigenvalue weighted by molar-refractivity contribution is 0.318. The van der Waals surface area contributed by atoms with E-state index < -0.39 is 0 Å². The zero-order chi connectivity index (χ0) is 13.3. The van der Waals surface area contributed by atoms with E-state index in [1.165, 1.54) is 0 Å². The third-order valence-electron chi connectivity index (χ3n) is 2.45. The number of benzene rings is 1. The molecule has 7 heteroatoms. The van der Waals surface area contributed by atoms with E-state index in [-0.39, 0.29) is 5.84 Å². The topological polar surface area (TPSA) is 89.3 Å². The van der Waals surface area contributed by atoms with E-state index in [0.717, 1.165) is 10.3 Å². The second-order valence-electron chi connectivity index (χ2n) is 3.76. The van der Waals surface area contributed by atoms with E-state index >= 15 is 0 Å². The average molecular weight is 310 g/mol. The first kappa shape index (κ1) is 12.6. The van der Waals surface area contributed by atoms with Crippen molar-refractivity contribution in [3.05, 3.63) is 39.9 Å². The second-order valence-corrected chi connectivity index (χ2v) is 4.68. The molecular formula is C11H12BrN5O. The molecule has 0 aliphatic rings. The summed E-state index contributed by atoms with van der Waals surface area (Å²) in [6.07, 6.45) is 0. The normalized spacial score (nSPS) is 11.8. The predicted molar refractivity (Wildman–Crippen MR) is 71.0 cm³/mol. The number of amidine groups is 1. The highest BCUT2D eigenvalue weighted by Crippen LogP contribution is 2.21. The summed E-state index contributed by atoms with van der Waals surface area (Å²) in [4.78, 5) is 4.24. The minimum atomic E-state index is 0.0325. The molecule has 0 fully saturated rings. The summed E-state index contributed by atoms with van der Waals surface area (Å²) in [6.45, 7) is 3.65. The highest BCUT2D eigenvalue weighted by molar-refractivity contribution is 9.10. The first-order valence-corrected chi connectivity index (χ1v) is 6.00. The Labute approximate surface area is 112 Å². The molecule has 1 heterocycles. The molecule has 0 aliphatic carbocycles. The Bertz CT molecular complexity index is 620. The number of aromatic nitrogens is 3. The Morgan fingerprint density at radius 1 is 1.44 bits per heavy atom. The highest BCUT2D eigenvalue weighted by Gasteiger charge is 2.13. The Morgan fingerprint density at radius 3 is 2.72 bits per heavy atom. The van der Waals surface area contributed by atoms with Gasteiger partial charge in [-0.15, -0.1) is 0 Å². The molecule has 0 radical (unpaired) electrons. The van der Waals surface area contributed by atoms with E-state index in [9.17, 15) is 0 Å². The summed E-state index contributed by atoms with van der Waals surface area (Å²) in [7, 11) is 0. The van der Waals surface area contributed by atoms with Crippen LogP contribution in [0.4, 0.5) is 0 Å². The number of hydrogen-bond donors (Lipinski definition) is 2. The standard InChI is InChI=1S/C11H12BrN5O/c1-6-14-7(2)17(15-6)10-5-8(12)3-4-9(10)11(13)16-18/h3-5,18H,1-2H3,(H2,13,16). The highest BCUT2D eigenvalue weighted by atomic mass is 79.9. The maximum Gasteiger partial charge on any atom is 0.172 e. The summed E-state index contributed by atoms with van der Waals surface area (Å²) >= 11 is 3.39. The van der Waals surface area contributed by atoms with Gasteiger partial charge in [0.1, 0.15) is 11.6 Å². The zero-order valence-corrected chi connectivity index (χ0v) is 11.5. The lowest BCUT2D eigenvalue weighted by Crippen LogP contribution is -2.17. The molecule has 6 nitrogen and oxygen atoms in total. The van der Waals surface area contributed by atoms with Crippen molar-refractivity contribution in [3.8, 4) is 5.69 Å². The molecule has 2 aromatic rings. The fraction of sp³-hybridized carbons (Fsp3) is 0.182. The van der Waals surface area contributed by atoms with Gasteiger partial charge < -0.3 is 10.9 Å². The number of aryl methyl sites for hydroxylation is 2. The van der Waals surface area contributed by atoms with Crippen LogP contribution in [0.15, 0.2) is 27.8 Å². The van der Waals surface area contributed by atoms with Crippen LogP contribution < -0.4 is 5.73 Å². The first-order chi connectivity index (χ1) is 8.52. The fourth-order valence-electron chi connectivity index (χ4n) is 1.70. The van der Waals surface area contributed by atoms with Crippen LogP contribution >= 0.6 is 15.9 Å². The van der Waals surface area contributed by atoms with Crippen LogP contribution in [0.25, 0.3) is 5.69 Å². The van der Waals surface area contributed by atoms with Crippen molar-refractivity contribution in [1.82, 2.24) is 14.8 Å². The lowest BCUT2D eigenvalue weighted by atomic mass is 10.1. The van der Waals surface area contributed by atoms with E-state index in [1.54, 1.807) is 10.7 Å². The molecule has 0 amide bonds. The first-order valence-electron chi connectivity index (χ1n) is 5.21. The Morgan fingerprint density at radius 2 is 2.17 bits per heavy atom. The van der Waals surface area contributed by atoms with Gasteiger partial charge in [0.25, 0.3) is 0 Å². The van der Waals surface area contributed by atoms with Crippen LogP contribution in [0.2, 0.25) is 0 Å². The average Bonchev–Trinajstić information content (AvgIpc) is 2.67. The van der Waals surface area contributed by atoms with E-state index in [4.69, 9.17) is 10.9 Å².